The molecule has 2 heteroatoms. The van der Waals surface area contributed by atoms with Gasteiger partial charge in [-0.2, -0.15) is 0 Å². The van der Waals surface area contributed by atoms with Crippen LogP contribution in [0.25, 0.3) is 44.3 Å². The van der Waals surface area contributed by atoms with Gasteiger partial charge in [0, 0.05) is 23.9 Å². The third kappa shape index (κ3) is 2.91. The van der Waals surface area contributed by atoms with Crippen molar-refractivity contribution in [1.29, 1.82) is 0 Å². The fourth-order valence-corrected chi connectivity index (χ4v) is 4.70. The standard InChI is InChI=1S/C28H23NO/c1-2-7-19(6-1)20-12-14-21(15-13-20)22-16-17-29-26(18-22)25-10-5-9-24-23-8-3-4-11-27(23)30-28(24)25/h3-5,8-19H,1-2,6-7H2/i19D. The number of furan rings is 1. The summed E-state index contributed by atoms with van der Waals surface area (Å²) in [6.45, 7) is 0. The maximum Gasteiger partial charge on any atom is 0.144 e. The van der Waals surface area contributed by atoms with Crippen LogP contribution in [0.1, 0.15) is 38.5 Å². The van der Waals surface area contributed by atoms with Gasteiger partial charge in [0.05, 0.1) is 5.69 Å². The maximum atomic E-state index is 8.75. The van der Waals surface area contributed by atoms with Crippen LogP contribution in [0.3, 0.4) is 0 Å². The molecule has 5 aromatic rings. The SMILES string of the molecule is [2H]C1(c2ccc(-c3ccnc(-c4cccc5c4oc4ccccc45)c3)cc2)CCCC1. The normalized spacial score (nSPS) is 16.2. The van der Waals surface area contributed by atoms with Gasteiger partial charge < -0.3 is 4.42 Å². The summed E-state index contributed by atoms with van der Waals surface area (Å²) in [5.41, 5.74) is 7.08. The van der Waals surface area contributed by atoms with E-state index < -0.39 is 5.89 Å². The summed E-state index contributed by atoms with van der Waals surface area (Å²) in [7, 11) is 0. The van der Waals surface area contributed by atoms with Crippen molar-refractivity contribution in [3.8, 4) is 22.4 Å². The zero-order chi connectivity index (χ0) is 20.8. The molecule has 1 fully saturated rings. The fraction of sp³-hybridized carbons (Fsp3) is 0.179. The lowest BCUT2D eigenvalue weighted by atomic mass is 9.95. The van der Waals surface area contributed by atoms with E-state index in [4.69, 9.17) is 5.79 Å². The van der Waals surface area contributed by atoms with Crippen molar-refractivity contribution in [1.82, 2.24) is 4.98 Å². The summed E-state index contributed by atoms with van der Waals surface area (Å²) >= 11 is 0. The summed E-state index contributed by atoms with van der Waals surface area (Å²) in [5.74, 6) is -0.404. The number of benzene rings is 3. The van der Waals surface area contributed by atoms with E-state index in [0.717, 1.165) is 75.6 Å². The van der Waals surface area contributed by atoms with Gasteiger partial charge in [-0.3, -0.25) is 4.98 Å². The fourth-order valence-electron chi connectivity index (χ4n) is 4.70. The molecule has 0 amide bonds. The second-order valence-corrected chi connectivity index (χ2v) is 8.10. The molecule has 0 bridgehead atoms. The smallest absolute Gasteiger partial charge is 0.144 e. The van der Waals surface area contributed by atoms with Crippen molar-refractivity contribution in [3.05, 3.63) is 90.6 Å². The number of aromatic nitrogens is 1. The minimum absolute atomic E-state index is 0.404. The number of rotatable bonds is 3. The number of para-hydroxylation sites is 2. The Labute approximate surface area is 177 Å². The molecule has 0 atom stereocenters. The van der Waals surface area contributed by atoms with Crippen LogP contribution in [0.15, 0.2) is 89.5 Å². The van der Waals surface area contributed by atoms with Crippen molar-refractivity contribution in [3.63, 3.8) is 0 Å². The Kier molecular flexibility index (Phi) is 3.91. The molecule has 0 saturated heterocycles. The highest BCUT2D eigenvalue weighted by Gasteiger charge is 2.17. The Morgan fingerprint density at radius 2 is 1.60 bits per heavy atom. The van der Waals surface area contributed by atoms with Crippen LogP contribution >= 0.6 is 0 Å². The molecule has 1 aliphatic rings. The van der Waals surface area contributed by atoms with Crippen LogP contribution in [0.4, 0.5) is 0 Å². The monoisotopic (exact) mass is 390 g/mol. The summed E-state index contributed by atoms with van der Waals surface area (Å²) in [5, 5.41) is 2.24. The van der Waals surface area contributed by atoms with Gasteiger partial charge in [0.1, 0.15) is 11.2 Å². The van der Waals surface area contributed by atoms with Crippen LogP contribution in [0, 0.1) is 0 Å². The summed E-state index contributed by atoms with van der Waals surface area (Å²) in [6, 6.07) is 27.1. The van der Waals surface area contributed by atoms with Crippen molar-refractivity contribution in [2.45, 2.75) is 31.6 Å². The maximum absolute atomic E-state index is 8.75. The highest BCUT2D eigenvalue weighted by atomic mass is 16.3. The van der Waals surface area contributed by atoms with Gasteiger partial charge in [0.15, 0.2) is 0 Å². The number of pyridine rings is 1. The Hall–Kier alpha value is -3.39. The first-order valence-electron chi connectivity index (χ1n) is 11.2. The Balaban J connectivity index is 1.41. The van der Waals surface area contributed by atoms with Gasteiger partial charge in [0.25, 0.3) is 0 Å². The van der Waals surface area contributed by atoms with Gasteiger partial charge >= 0.3 is 0 Å². The van der Waals surface area contributed by atoms with E-state index in [9.17, 15) is 0 Å². The van der Waals surface area contributed by atoms with E-state index in [2.05, 4.69) is 59.6 Å². The number of hydrogen-bond donors (Lipinski definition) is 0. The van der Waals surface area contributed by atoms with Crippen molar-refractivity contribution in [2.75, 3.05) is 0 Å². The van der Waals surface area contributed by atoms with Crippen molar-refractivity contribution < 1.29 is 5.79 Å². The van der Waals surface area contributed by atoms with Gasteiger partial charge in [-0.15, -0.1) is 0 Å². The lowest BCUT2D eigenvalue weighted by molar-refractivity contribution is 0.670. The third-order valence-corrected chi connectivity index (χ3v) is 6.27. The summed E-state index contributed by atoms with van der Waals surface area (Å²) in [6.07, 6.45) is 6.11. The topological polar surface area (TPSA) is 26.0 Å². The predicted octanol–water partition coefficient (Wildman–Crippen LogP) is 7.97. The first-order valence-corrected chi connectivity index (χ1v) is 10.7. The molecule has 146 valence electrons. The molecule has 1 aliphatic carbocycles. The van der Waals surface area contributed by atoms with E-state index in [1.165, 1.54) is 0 Å². The second kappa shape index (κ2) is 7.14. The van der Waals surface area contributed by atoms with Crippen LogP contribution in [-0.4, -0.2) is 4.98 Å². The van der Waals surface area contributed by atoms with Crippen LogP contribution in [0.5, 0.6) is 0 Å². The second-order valence-electron chi connectivity index (χ2n) is 8.10. The van der Waals surface area contributed by atoms with Gasteiger partial charge in [-0.25, -0.2) is 0 Å². The third-order valence-electron chi connectivity index (χ3n) is 6.27. The largest absolute Gasteiger partial charge is 0.455 e. The Bertz CT molecular complexity index is 1390. The van der Waals surface area contributed by atoms with Gasteiger partial charge in [0.2, 0.25) is 0 Å². The molecule has 0 spiro atoms. The molecule has 2 aromatic heterocycles. The molecule has 0 aliphatic heterocycles. The highest BCUT2D eigenvalue weighted by molar-refractivity contribution is 6.09. The quantitative estimate of drug-likeness (QED) is 0.312. The van der Waals surface area contributed by atoms with Crippen LogP contribution < -0.4 is 0 Å². The molecule has 6 rings (SSSR count). The molecule has 0 radical (unpaired) electrons. The predicted molar refractivity (Wildman–Crippen MR) is 124 cm³/mol. The minimum atomic E-state index is -0.404. The number of nitrogens with zero attached hydrogens (tertiary/aromatic N) is 1. The van der Waals surface area contributed by atoms with Crippen molar-refractivity contribution in [2.24, 2.45) is 0 Å². The van der Waals surface area contributed by atoms with Crippen LogP contribution in [0.2, 0.25) is 0 Å². The molecule has 30 heavy (non-hydrogen) atoms. The summed E-state index contributed by atoms with van der Waals surface area (Å²) in [4.78, 5) is 4.66. The summed E-state index contributed by atoms with van der Waals surface area (Å²) < 4.78 is 15.0. The highest BCUT2D eigenvalue weighted by Crippen LogP contribution is 2.37. The zero-order valence-corrected chi connectivity index (χ0v) is 16.8. The Morgan fingerprint density at radius 3 is 2.47 bits per heavy atom. The molecule has 0 N–H and O–H groups in total. The molecule has 1 saturated carbocycles. The molecular weight excluding hydrogens is 366 g/mol. The minimum Gasteiger partial charge on any atom is -0.455 e. The number of hydrogen-bond acceptors (Lipinski definition) is 2. The van der Waals surface area contributed by atoms with E-state index in [1.54, 1.807) is 0 Å². The molecule has 0 unspecified atom stereocenters. The van der Waals surface area contributed by atoms with E-state index in [1.807, 2.05) is 30.5 Å². The van der Waals surface area contributed by atoms with Gasteiger partial charge in [-0.1, -0.05) is 67.4 Å². The average Bonchev–Trinajstić information content (AvgIpc) is 3.44. The average molecular weight is 391 g/mol. The molecular formula is C28H23NO. The zero-order valence-electron chi connectivity index (χ0n) is 17.8. The molecule has 2 nitrogen and oxygen atoms in total. The Morgan fingerprint density at radius 1 is 0.800 bits per heavy atom. The lowest BCUT2D eigenvalue weighted by Crippen LogP contribution is -1.92. The first kappa shape index (κ1) is 16.4. The van der Waals surface area contributed by atoms with E-state index >= 15 is 0 Å². The van der Waals surface area contributed by atoms with Gasteiger partial charge in [-0.05, 0) is 59.7 Å². The lowest BCUT2D eigenvalue weighted by Gasteiger charge is -2.11. The molecule has 2 heterocycles. The van der Waals surface area contributed by atoms with Crippen LogP contribution in [-0.2, 0) is 0 Å². The molecule has 3 aromatic carbocycles. The number of fused-ring (bicyclic) bond motifs is 3. The van der Waals surface area contributed by atoms with Crippen molar-refractivity contribution >= 4 is 21.9 Å². The van der Waals surface area contributed by atoms with E-state index in [-0.39, 0.29) is 0 Å². The van der Waals surface area contributed by atoms with E-state index in [0.29, 0.717) is 0 Å². The first-order chi connectivity index (χ1) is 15.2.